The van der Waals surface area contributed by atoms with Crippen molar-refractivity contribution in [3.8, 4) is 0 Å². The fraction of sp³-hybridized carbons (Fsp3) is 0.385. The van der Waals surface area contributed by atoms with Crippen LogP contribution < -0.4 is 5.32 Å². The van der Waals surface area contributed by atoms with Gasteiger partial charge in [-0.2, -0.15) is 0 Å². The Balaban J connectivity index is 2.28. The Morgan fingerprint density at radius 3 is 3.06 bits per heavy atom. The Kier molecular flexibility index (Phi) is 2.41. The van der Waals surface area contributed by atoms with Gasteiger partial charge in [-0.15, -0.1) is 0 Å². The molecule has 16 heavy (non-hydrogen) atoms. The fourth-order valence-electron chi connectivity index (χ4n) is 2.51. The highest BCUT2D eigenvalue weighted by Crippen LogP contribution is 2.30. The molecule has 1 aliphatic heterocycles. The van der Waals surface area contributed by atoms with Gasteiger partial charge in [-0.3, -0.25) is 0 Å². The third-order valence-electron chi connectivity index (χ3n) is 3.45. The van der Waals surface area contributed by atoms with E-state index >= 15 is 0 Å². The lowest BCUT2D eigenvalue weighted by atomic mass is 10.1. The highest BCUT2D eigenvalue weighted by molar-refractivity contribution is 6.32. The minimum absolute atomic E-state index is 0.844. The predicted molar refractivity (Wildman–Crippen MR) is 68.1 cm³/mol. The lowest BCUT2D eigenvalue weighted by molar-refractivity contribution is 0.680. The van der Waals surface area contributed by atoms with Crippen LogP contribution in [0.1, 0.15) is 23.2 Å². The molecule has 2 aromatic rings. The maximum Gasteiger partial charge on any atom is 0.0504 e. The fourth-order valence-corrected chi connectivity index (χ4v) is 2.66. The lowest BCUT2D eigenvalue weighted by Gasteiger charge is -2.02. The molecule has 0 fully saturated rings. The summed E-state index contributed by atoms with van der Waals surface area (Å²) in [5.74, 6) is 0. The first-order valence-electron chi connectivity index (χ1n) is 5.76. The predicted octanol–water partition coefficient (Wildman–Crippen LogP) is 3.17. The number of rotatable bonds is 0. The van der Waals surface area contributed by atoms with Crippen LogP contribution in [0.25, 0.3) is 10.9 Å². The highest BCUT2D eigenvalue weighted by Gasteiger charge is 2.15. The molecule has 2 N–H and O–H groups in total. The molecule has 0 radical (unpaired) electrons. The summed E-state index contributed by atoms with van der Waals surface area (Å²) in [5.41, 5.74) is 5.17. The number of aromatic nitrogens is 1. The summed E-state index contributed by atoms with van der Waals surface area (Å²) >= 11 is 6.15. The monoisotopic (exact) mass is 234 g/mol. The quantitative estimate of drug-likeness (QED) is 0.720. The number of benzene rings is 1. The second-order valence-corrected chi connectivity index (χ2v) is 4.86. The van der Waals surface area contributed by atoms with Gasteiger partial charge in [-0.25, -0.2) is 0 Å². The molecule has 0 saturated heterocycles. The van der Waals surface area contributed by atoms with Crippen LogP contribution in [-0.4, -0.2) is 11.5 Å². The number of fused-ring (bicyclic) bond motifs is 3. The molecule has 1 aromatic carbocycles. The first kappa shape index (κ1) is 10.2. The maximum absolute atomic E-state index is 6.15. The van der Waals surface area contributed by atoms with Crippen LogP contribution in [0.15, 0.2) is 12.1 Å². The van der Waals surface area contributed by atoms with E-state index < -0.39 is 0 Å². The van der Waals surface area contributed by atoms with Crippen LogP contribution in [0.5, 0.6) is 0 Å². The van der Waals surface area contributed by atoms with Crippen molar-refractivity contribution >= 4 is 22.5 Å². The summed E-state index contributed by atoms with van der Waals surface area (Å²) in [6, 6.07) is 4.13. The number of nitrogens with one attached hydrogen (secondary N) is 2. The van der Waals surface area contributed by atoms with Crippen LogP contribution >= 0.6 is 11.6 Å². The molecule has 1 aromatic heterocycles. The van der Waals surface area contributed by atoms with E-state index in [2.05, 4.69) is 23.3 Å². The van der Waals surface area contributed by atoms with E-state index in [0.29, 0.717) is 0 Å². The van der Waals surface area contributed by atoms with Crippen molar-refractivity contribution in [1.29, 1.82) is 0 Å². The zero-order valence-electron chi connectivity index (χ0n) is 9.36. The molecule has 0 spiro atoms. The van der Waals surface area contributed by atoms with Crippen LogP contribution in [0, 0.1) is 6.92 Å². The van der Waals surface area contributed by atoms with Gasteiger partial charge < -0.3 is 10.3 Å². The molecular weight excluding hydrogens is 220 g/mol. The zero-order valence-corrected chi connectivity index (χ0v) is 10.1. The molecule has 0 saturated carbocycles. The topological polar surface area (TPSA) is 27.8 Å². The summed E-state index contributed by atoms with van der Waals surface area (Å²) in [6.45, 7) is 4.15. The minimum Gasteiger partial charge on any atom is -0.358 e. The summed E-state index contributed by atoms with van der Waals surface area (Å²) in [6.07, 6.45) is 2.33. The lowest BCUT2D eigenvalue weighted by Crippen LogP contribution is -2.11. The van der Waals surface area contributed by atoms with E-state index in [1.807, 2.05) is 6.07 Å². The summed E-state index contributed by atoms with van der Waals surface area (Å²) in [4.78, 5) is 3.54. The van der Waals surface area contributed by atoms with Gasteiger partial charge in [-0.05, 0) is 43.5 Å². The molecule has 2 heterocycles. The van der Waals surface area contributed by atoms with Crippen molar-refractivity contribution in [2.24, 2.45) is 0 Å². The van der Waals surface area contributed by atoms with Crippen LogP contribution in [0.2, 0.25) is 5.02 Å². The van der Waals surface area contributed by atoms with Crippen molar-refractivity contribution in [1.82, 2.24) is 10.3 Å². The van der Waals surface area contributed by atoms with Crippen molar-refractivity contribution in [2.75, 3.05) is 6.54 Å². The Hall–Kier alpha value is -0.990. The molecule has 2 nitrogen and oxygen atoms in total. The summed E-state index contributed by atoms with van der Waals surface area (Å²) < 4.78 is 0. The van der Waals surface area contributed by atoms with E-state index in [0.717, 1.165) is 30.1 Å². The molecule has 3 rings (SSSR count). The van der Waals surface area contributed by atoms with Gasteiger partial charge in [0.2, 0.25) is 0 Å². The largest absolute Gasteiger partial charge is 0.358 e. The average molecular weight is 235 g/mol. The number of aromatic amines is 1. The number of hydrogen-bond donors (Lipinski definition) is 2. The standard InChI is InChI=1S/C13H15ClN2/c1-8-11(14)5-4-9-10-7-15-6-2-3-12(10)16-13(8)9/h4-5,15-16H,2-3,6-7H2,1H3. The molecule has 0 amide bonds. The van der Waals surface area contributed by atoms with Crippen molar-refractivity contribution < 1.29 is 0 Å². The Bertz CT molecular complexity index is 542. The van der Waals surface area contributed by atoms with Crippen LogP contribution in [0.3, 0.4) is 0 Å². The second kappa shape index (κ2) is 3.79. The van der Waals surface area contributed by atoms with Gasteiger partial charge >= 0.3 is 0 Å². The Labute approximate surface area is 100.0 Å². The van der Waals surface area contributed by atoms with Gasteiger partial charge in [0.1, 0.15) is 0 Å². The molecule has 0 aliphatic carbocycles. The Morgan fingerprint density at radius 1 is 1.31 bits per heavy atom. The minimum atomic E-state index is 0.844. The number of aryl methyl sites for hydroxylation is 2. The normalized spacial score (nSPS) is 16.1. The molecule has 3 heteroatoms. The molecule has 0 unspecified atom stereocenters. The highest BCUT2D eigenvalue weighted by atomic mass is 35.5. The molecule has 0 atom stereocenters. The van der Waals surface area contributed by atoms with E-state index in [4.69, 9.17) is 11.6 Å². The van der Waals surface area contributed by atoms with E-state index in [9.17, 15) is 0 Å². The van der Waals surface area contributed by atoms with Gasteiger partial charge in [0.15, 0.2) is 0 Å². The van der Waals surface area contributed by atoms with Crippen molar-refractivity contribution in [2.45, 2.75) is 26.3 Å². The average Bonchev–Trinajstić information content (AvgIpc) is 2.47. The molecule has 0 bridgehead atoms. The van der Waals surface area contributed by atoms with Crippen molar-refractivity contribution in [3.05, 3.63) is 34.0 Å². The van der Waals surface area contributed by atoms with Gasteiger partial charge in [0.05, 0.1) is 5.52 Å². The zero-order chi connectivity index (χ0) is 11.1. The van der Waals surface area contributed by atoms with Crippen molar-refractivity contribution in [3.63, 3.8) is 0 Å². The number of hydrogen-bond acceptors (Lipinski definition) is 1. The van der Waals surface area contributed by atoms with Crippen LogP contribution in [0.4, 0.5) is 0 Å². The summed E-state index contributed by atoms with van der Waals surface area (Å²) in [5, 5.41) is 5.63. The molecular formula is C13H15ClN2. The van der Waals surface area contributed by atoms with E-state index in [1.165, 1.54) is 28.6 Å². The SMILES string of the molecule is Cc1c(Cl)ccc2c3c([nH]c12)CCCNC3. The van der Waals surface area contributed by atoms with E-state index in [-0.39, 0.29) is 0 Å². The first-order chi connectivity index (χ1) is 7.77. The molecule has 1 aliphatic rings. The number of halogens is 1. The van der Waals surface area contributed by atoms with E-state index in [1.54, 1.807) is 0 Å². The van der Waals surface area contributed by atoms with Gasteiger partial charge in [-0.1, -0.05) is 17.7 Å². The maximum atomic E-state index is 6.15. The van der Waals surface area contributed by atoms with Gasteiger partial charge in [0.25, 0.3) is 0 Å². The van der Waals surface area contributed by atoms with Crippen LogP contribution in [-0.2, 0) is 13.0 Å². The summed E-state index contributed by atoms with van der Waals surface area (Å²) in [7, 11) is 0. The van der Waals surface area contributed by atoms with Gasteiger partial charge in [0, 0.05) is 22.6 Å². The second-order valence-electron chi connectivity index (χ2n) is 4.46. The Morgan fingerprint density at radius 2 is 2.19 bits per heavy atom. The first-order valence-corrected chi connectivity index (χ1v) is 6.14. The number of H-pyrrole nitrogens is 1. The third-order valence-corrected chi connectivity index (χ3v) is 3.86. The molecule has 84 valence electrons. The smallest absolute Gasteiger partial charge is 0.0504 e. The third kappa shape index (κ3) is 1.45.